The van der Waals surface area contributed by atoms with Gasteiger partial charge in [0.15, 0.2) is 5.96 Å². The Balaban J connectivity index is 2.11. The Morgan fingerprint density at radius 3 is 2.90 bits per heavy atom. The van der Waals surface area contributed by atoms with Gasteiger partial charge in [-0.3, -0.25) is 4.79 Å². The number of nitrogens with zero attached hydrogens (tertiary/aromatic N) is 5. The molecule has 3 aromatic rings. The Labute approximate surface area is 118 Å². The van der Waals surface area contributed by atoms with Crippen molar-refractivity contribution in [1.82, 2.24) is 25.2 Å². The van der Waals surface area contributed by atoms with E-state index < -0.39 is 5.91 Å². The number of aryl methyl sites for hydroxylation is 1. The first-order valence-electron chi connectivity index (χ1n) is 6.06. The molecule has 1 amide bonds. The summed E-state index contributed by atoms with van der Waals surface area (Å²) in [7, 11) is 0. The van der Waals surface area contributed by atoms with Crippen molar-refractivity contribution in [3.8, 4) is 5.69 Å². The summed E-state index contributed by atoms with van der Waals surface area (Å²) in [5.74, 6) is -0.822. The number of nitrogens with one attached hydrogen (secondary N) is 1. The summed E-state index contributed by atoms with van der Waals surface area (Å²) in [6, 6.07) is 5.48. The SMILES string of the molecule is Cc1nn(-c2cccc3n[nH]nc23)cc1C(=O)N=C(N)N. The number of H-pyrrole nitrogens is 1. The van der Waals surface area contributed by atoms with Gasteiger partial charge >= 0.3 is 0 Å². The van der Waals surface area contributed by atoms with E-state index >= 15 is 0 Å². The lowest BCUT2D eigenvalue weighted by Gasteiger charge is -2.00. The van der Waals surface area contributed by atoms with E-state index in [4.69, 9.17) is 11.5 Å². The molecular formula is C12H12N8O. The van der Waals surface area contributed by atoms with Gasteiger partial charge in [-0.05, 0) is 19.1 Å². The van der Waals surface area contributed by atoms with Crippen LogP contribution < -0.4 is 11.5 Å². The number of guanidine groups is 1. The van der Waals surface area contributed by atoms with Crippen molar-refractivity contribution in [3.63, 3.8) is 0 Å². The summed E-state index contributed by atoms with van der Waals surface area (Å²) in [4.78, 5) is 15.4. The Morgan fingerprint density at radius 1 is 1.33 bits per heavy atom. The number of aromatic nitrogens is 5. The largest absolute Gasteiger partial charge is 0.370 e. The fourth-order valence-electron chi connectivity index (χ4n) is 2.01. The van der Waals surface area contributed by atoms with Crippen LogP contribution in [0.4, 0.5) is 0 Å². The van der Waals surface area contributed by atoms with Gasteiger partial charge in [-0.15, -0.1) is 0 Å². The fourth-order valence-corrected chi connectivity index (χ4v) is 2.01. The van der Waals surface area contributed by atoms with Gasteiger partial charge in [-0.25, -0.2) is 4.68 Å². The van der Waals surface area contributed by atoms with Crippen molar-refractivity contribution in [2.45, 2.75) is 6.92 Å². The van der Waals surface area contributed by atoms with Crippen LogP contribution in [0.2, 0.25) is 0 Å². The van der Waals surface area contributed by atoms with Gasteiger partial charge in [-0.2, -0.15) is 25.5 Å². The normalized spacial score (nSPS) is 10.7. The summed E-state index contributed by atoms with van der Waals surface area (Å²) in [5, 5.41) is 14.9. The van der Waals surface area contributed by atoms with Crippen LogP contribution in [0.1, 0.15) is 16.1 Å². The highest BCUT2D eigenvalue weighted by Crippen LogP contribution is 2.19. The Hall–Kier alpha value is -3.23. The standard InChI is InChI=1S/C12H12N8O/c1-6-7(11(21)15-12(13)14)5-20(18-6)9-4-2-3-8-10(9)17-19-16-8/h2-5H,1H3,(H,16,17,19)(H4,13,14,15,21). The lowest BCUT2D eigenvalue weighted by Crippen LogP contribution is -2.24. The van der Waals surface area contributed by atoms with E-state index in [1.54, 1.807) is 17.8 Å². The summed E-state index contributed by atoms with van der Waals surface area (Å²) >= 11 is 0. The molecule has 0 radical (unpaired) electrons. The average molecular weight is 284 g/mol. The number of amides is 1. The zero-order valence-electron chi connectivity index (χ0n) is 11.1. The third-order valence-electron chi connectivity index (χ3n) is 2.93. The molecule has 0 aliphatic heterocycles. The predicted octanol–water partition coefficient (Wildman–Crippen LogP) is -0.134. The van der Waals surface area contributed by atoms with Gasteiger partial charge in [0.25, 0.3) is 5.91 Å². The van der Waals surface area contributed by atoms with Crippen LogP contribution in [0.25, 0.3) is 16.7 Å². The quantitative estimate of drug-likeness (QED) is 0.442. The Bertz CT molecular complexity index is 855. The molecule has 2 heterocycles. The van der Waals surface area contributed by atoms with E-state index in [0.717, 1.165) is 0 Å². The van der Waals surface area contributed by atoms with Crippen molar-refractivity contribution < 1.29 is 4.79 Å². The molecule has 21 heavy (non-hydrogen) atoms. The zero-order chi connectivity index (χ0) is 15.0. The molecule has 9 heteroatoms. The maximum absolute atomic E-state index is 11.9. The monoisotopic (exact) mass is 284 g/mol. The number of carbonyl (C=O) groups excluding carboxylic acids is 1. The number of hydrogen-bond donors (Lipinski definition) is 3. The Kier molecular flexibility index (Phi) is 2.87. The molecule has 0 aliphatic rings. The first kappa shape index (κ1) is 12.8. The second-order valence-corrected chi connectivity index (χ2v) is 4.38. The predicted molar refractivity (Wildman–Crippen MR) is 75.9 cm³/mol. The van der Waals surface area contributed by atoms with Crippen molar-refractivity contribution in [2.24, 2.45) is 16.5 Å². The van der Waals surface area contributed by atoms with E-state index in [9.17, 15) is 4.79 Å². The first-order chi connectivity index (χ1) is 10.1. The summed E-state index contributed by atoms with van der Waals surface area (Å²) in [6.45, 7) is 1.70. The molecule has 0 atom stereocenters. The van der Waals surface area contributed by atoms with E-state index in [2.05, 4.69) is 25.5 Å². The van der Waals surface area contributed by atoms with E-state index in [1.807, 2.05) is 18.2 Å². The molecule has 5 N–H and O–H groups in total. The number of hydrogen-bond acceptors (Lipinski definition) is 4. The van der Waals surface area contributed by atoms with Crippen LogP contribution in [-0.2, 0) is 0 Å². The van der Waals surface area contributed by atoms with Gasteiger partial charge in [-0.1, -0.05) is 6.07 Å². The minimum atomic E-state index is -0.536. The Morgan fingerprint density at radius 2 is 2.14 bits per heavy atom. The van der Waals surface area contributed by atoms with Gasteiger partial charge in [0.05, 0.1) is 16.9 Å². The van der Waals surface area contributed by atoms with Gasteiger partial charge < -0.3 is 11.5 Å². The van der Waals surface area contributed by atoms with Crippen LogP contribution in [0.15, 0.2) is 29.4 Å². The maximum atomic E-state index is 11.9. The van der Waals surface area contributed by atoms with Crippen molar-refractivity contribution in [1.29, 1.82) is 0 Å². The average Bonchev–Trinajstić information content (AvgIpc) is 3.03. The minimum Gasteiger partial charge on any atom is -0.370 e. The number of para-hydroxylation sites is 1. The third kappa shape index (κ3) is 2.20. The number of aromatic amines is 1. The second-order valence-electron chi connectivity index (χ2n) is 4.38. The molecule has 0 unspecified atom stereocenters. The van der Waals surface area contributed by atoms with E-state index in [-0.39, 0.29) is 5.96 Å². The lowest BCUT2D eigenvalue weighted by molar-refractivity contribution is 0.100. The number of nitrogens with two attached hydrogens (primary N) is 2. The molecule has 1 aromatic carbocycles. The smallest absolute Gasteiger partial charge is 0.283 e. The summed E-state index contributed by atoms with van der Waals surface area (Å²) in [6.07, 6.45) is 1.56. The molecule has 0 aliphatic carbocycles. The van der Waals surface area contributed by atoms with Crippen LogP contribution in [0.3, 0.4) is 0 Å². The number of carbonyl (C=O) groups is 1. The topological polar surface area (TPSA) is 141 Å². The van der Waals surface area contributed by atoms with Gasteiger partial charge in [0, 0.05) is 6.20 Å². The molecule has 3 rings (SSSR count). The van der Waals surface area contributed by atoms with Crippen LogP contribution >= 0.6 is 0 Å². The van der Waals surface area contributed by atoms with Crippen LogP contribution in [0.5, 0.6) is 0 Å². The molecule has 0 bridgehead atoms. The fraction of sp³-hybridized carbons (Fsp3) is 0.0833. The summed E-state index contributed by atoms with van der Waals surface area (Å²) < 4.78 is 1.55. The highest BCUT2D eigenvalue weighted by atomic mass is 16.1. The van der Waals surface area contributed by atoms with Crippen molar-refractivity contribution in [2.75, 3.05) is 0 Å². The number of rotatable bonds is 2. The van der Waals surface area contributed by atoms with Crippen LogP contribution in [0, 0.1) is 6.92 Å². The third-order valence-corrected chi connectivity index (χ3v) is 2.93. The van der Waals surface area contributed by atoms with Gasteiger partial charge in [0.2, 0.25) is 0 Å². The minimum absolute atomic E-state index is 0.286. The zero-order valence-corrected chi connectivity index (χ0v) is 11.1. The van der Waals surface area contributed by atoms with Crippen molar-refractivity contribution in [3.05, 3.63) is 35.7 Å². The number of aliphatic imine (C=N–C) groups is 1. The number of fused-ring (bicyclic) bond motifs is 1. The highest BCUT2D eigenvalue weighted by Gasteiger charge is 2.15. The van der Waals surface area contributed by atoms with E-state index in [0.29, 0.717) is 28.0 Å². The van der Waals surface area contributed by atoms with E-state index in [1.165, 1.54) is 0 Å². The van der Waals surface area contributed by atoms with Gasteiger partial charge in [0.1, 0.15) is 11.0 Å². The second kappa shape index (κ2) is 4.71. The first-order valence-corrected chi connectivity index (χ1v) is 6.06. The molecule has 9 nitrogen and oxygen atoms in total. The molecule has 0 spiro atoms. The number of benzene rings is 1. The lowest BCUT2D eigenvalue weighted by atomic mass is 10.2. The molecule has 0 saturated carbocycles. The molecule has 2 aromatic heterocycles. The van der Waals surface area contributed by atoms with Crippen molar-refractivity contribution >= 4 is 22.9 Å². The maximum Gasteiger partial charge on any atom is 0.283 e. The van der Waals surface area contributed by atoms with Crippen LogP contribution in [-0.4, -0.2) is 37.1 Å². The highest BCUT2D eigenvalue weighted by molar-refractivity contribution is 6.02. The molecular weight excluding hydrogens is 272 g/mol. The summed E-state index contributed by atoms with van der Waals surface area (Å²) in [5.41, 5.74) is 13.3. The molecule has 0 fully saturated rings. The molecule has 106 valence electrons. The molecule has 0 saturated heterocycles.